The maximum atomic E-state index is 12.7. The maximum absolute atomic E-state index is 12.7. The van der Waals surface area contributed by atoms with E-state index in [4.69, 9.17) is 45.3 Å². The molecule has 1 aromatic heterocycles. The van der Waals surface area contributed by atoms with Gasteiger partial charge in [0.2, 0.25) is 14.9 Å². The van der Waals surface area contributed by atoms with Gasteiger partial charge in [-0.3, -0.25) is 4.79 Å². The van der Waals surface area contributed by atoms with Gasteiger partial charge in [-0.25, -0.2) is 9.48 Å². The predicted molar refractivity (Wildman–Crippen MR) is 99.2 cm³/mol. The fraction of sp³-hybridized carbons (Fsp3) is 0.750. The molecule has 1 aromatic rings. The molecule has 2 aliphatic heterocycles. The number of hydrogen-bond acceptors (Lipinski definition) is 9. The van der Waals surface area contributed by atoms with Crippen LogP contribution in [0.25, 0.3) is 0 Å². The second kappa shape index (κ2) is 7.17. The molecule has 0 saturated carbocycles. The van der Waals surface area contributed by atoms with Crippen molar-refractivity contribution in [2.75, 3.05) is 12.4 Å². The van der Waals surface area contributed by atoms with Crippen molar-refractivity contribution >= 4 is 70.2 Å². The minimum Gasteiger partial charge on any atom is -0.460 e. The number of thioether (sulfide) groups is 2. The lowest BCUT2D eigenvalue weighted by Crippen LogP contribution is -2.69. The standard InChI is InChI=1S/C12H15Cl3N6O3S2/c1-11(4-25-10-17-18-19-20(10)2)6(9(23)24-3-12(13,14)15)21-7(22)5(16)8(21)26-11/h5-6,8H,3-4,16H2,1-2H3/t5?,6?,8-,11?/m1/s1. The fourth-order valence-electron chi connectivity index (χ4n) is 2.81. The second-order valence-corrected chi connectivity index (χ2v) is 11.2. The zero-order chi connectivity index (χ0) is 19.3. The van der Waals surface area contributed by atoms with Gasteiger partial charge in [0.25, 0.3) is 0 Å². The van der Waals surface area contributed by atoms with Crippen LogP contribution in [0.2, 0.25) is 0 Å². The van der Waals surface area contributed by atoms with Gasteiger partial charge in [0.1, 0.15) is 24.1 Å². The Bertz CT molecular complexity index is 731. The van der Waals surface area contributed by atoms with Crippen molar-refractivity contribution in [3.05, 3.63) is 0 Å². The first kappa shape index (κ1) is 20.3. The molecule has 0 bridgehead atoms. The van der Waals surface area contributed by atoms with Crippen LogP contribution in [0.1, 0.15) is 6.92 Å². The van der Waals surface area contributed by atoms with E-state index in [0.29, 0.717) is 10.9 Å². The molecule has 0 aromatic carbocycles. The number of rotatable bonds is 5. The van der Waals surface area contributed by atoms with Crippen molar-refractivity contribution in [1.29, 1.82) is 0 Å². The van der Waals surface area contributed by atoms with Crippen molar-refractivity contribution in [2.45, 2.75) is 38.1 Å². The number of halogens is 3. The highest BCUT2D eigenvalue weighted by molar-refractivity contribution is 8.04. The first-order valence-electron chi connectivity index (χ1n) is 7.37. The summed E-state index contributed by atoms with van der Waals surface area (Å²) in [5.41, 5.74) is 5.88. The van der Waals surface area contributed by atoms with Crippen LogP contribution < -0.4 is 5.73 Å². The average molecular weight is 462 g/mol. The number of nitrogens with zero attached hydrogens (tertiary/aromatic N) is 5. The summed E-state index contributed by atoms with van der Waals surface area (Å²) in [7, 11) is 1.71. The maximum Gasteiger partial charge on any atom is 0.330 e. The Labute approximate surface area is 172 Å². The number of nitrogens with two attached hydrogens (primary N) is 1. The third-order valence-corrected chi connectivity index (χ3v) is 7.56. The topological polar surface area (TPSA) is 116 Å². The number of esters is 1. The number of aromatic nitrogens is 4. The first-order chi connectivity index (χ1) is 12.0. The Balaban J connectivity index is 1.78. The minimum absolute atomic E-state index is 0.295. The SMILES string of the molecule is Cn1nnnc1SCC1(C)S[C@@H]2C(N)C(=O)N2C1C(=O)OCC(Cl)(Cl)Cl. The summed E-state index contributed by atoms with van der Waals surface area (Å²) < 4.78 is 4.27. The first-order valence-corrected chi connectivity index (χ1v) is 10.4. The van der Waals surface area contributed by atoms with E-state index in [-0.39, 0.29) is 11.3 Å². The highest BCUT2D eigenvalue weighted by Crippen LogP contribution is 2.52. The van der Waals surface area contributed by atoms with Gasteiger partial charge in [0, 0.05) is 12.8 Å². The van der Waals surface area contributed by atoms with Gasteiger partial charge in [-0.05, 0) is 17.4 Å². The molecule has 14 heteroatoms. The lowest BCUT2D eigenvalue weighted by atomic mass is 9.96. The molecule has 0 aliphatic carbocycles. The van der Waals surface area contributed by atoms with E-state index in [1.807, 2.05) is 6.92 Å². The van der Waals surface area contributed by atoms with Gasteiger partial charge < -0.3 is 15.4 Å². The fourth-order valence-corrected chi connectivity index (χ4v) is 5.80. The van der Waals surface area contributed by atoms with Crippen LogP contribution in [-0.2, 0) is 21.4 Å². The van der Waals surface area contributed by atoms with E-state index in [1.54, 1.807) is 7.05 Å². The van der Waals surface area contributed by atoms with Crippen LogP contribution in [0.15, 0.2) is 5.16 Å². The third-order valence-electron chi connectivity index (χ3n) is 4.04. The van der Waals surface area contributed by atoms with Gasteiger partial charge in [0.05, 0.1) is 4.75 Å². The van der Waals surface area contributed by atoms with Gasteiger partial charge in [-0.15, -0.1) is 16.9 Å². The number of alkyl halides is 3. The molecule has 3 rings (SSSR count). The lowest BCUT2D eigenvalue weighted by Gasteiger charge is -2.42. The Morgan fingerprint density at radius 3 is 2.77 bits per heavy atom. The summed E-state index contributed by atoms with van der Waals surface area (Å²) in [6.45, 7) is 1.46. The summed E-state index contributed by atoms with van der Waals surface area (Å²) in [6, 6.07) is -1.49. The number of aryl methyl sites for hydroxylation is 1. The molecule has 0 radical (unpaired) electrons. The normalized spacial score (nSPS) is 30.9. The van der Waals surface area contributed by atoms with Crippen LogP contribution in [0.4, 0.5) is 0 Å². The molecule has 26 heavy (non-hydrogen) atoms. The smallest absolute Gasteiger partial charge is 0.330 e. The van der Waals surface area contributed by atoms with Gasteiger partial charge in [0.15, 0.2) is 0 Å². The molecule has 2 aliphatic rings. The van der Waals surface area contributed by atoms with E-state index in [2.05, 4.69) is 15.5 Å². The van der Waals surface area contributed by atoms with E-state index in [0.717, 1.165) is 0 Å². The molecule has 0 spiro atoms. The molecule has 2 N–H and O–H groups in total. The number of ether oxygens (including phenoxy) is 1. The minimum atomic E-state index is -1.73. The molecule has 2 saturated heterocycles. The van der Waals surface area contributed by atoms with Gasteiger partial charge >= 0.3 is 5.97 Å². The Morgan fingerprint density at radius 2 is 2.19 bits per heavy atom. The van der Waals surface area contributed by atoms with Crippen LogP contribution in [0.5, 0.6) is 0 Å². The molecule has 4 atom stereocenters. The van der Waals surface area contributed by atoms with Crippen LogP contribution in [-0.4, -0.2) is 75.3 Å². The molecular weight excluding hydrogens is 447 g/mol. The Morgan fingerprint density at radius 1 is 1.50 bits per heavy atom. The molecule has 3 heterocycles. The van der Waals surface area contributed by atoms with Crippen LogP contribution >= 0.6 is 58.3 Å². The van der Waals surface area contributed by atoms with Crippen molar-refractivity contribution < 1.29 is 14.3 Å². The number of carbonyl (C=O) groups excluding carboxylic acids is 2. The second-order valence-electron chi connectivity index (χ2n) is 6.09. The zero-order valence-electron chi connectivity index (χ0n) is 13.6. The highest BCUT2D eigenvalue weighted by atomic mass is 35.6. The van der Waals surface area contributed by atoms with E-state index in [1.165, 1.54) is 33.1 Å². The van der Waals surface area contributed by atoms with E-state index in [9.17, 15) is 9.59 Å². The lowest BCUT2D eigenvalue weighted by molar-refractivity contribution is -0.162. The number of fused-ring (bicyclic) bond motifs is 1. The highest BCUT2D eigenvalue weighted by Gasteiger charge is 2.64. The quantitative estimate of drug-likeness (QED) is 0.291. The number of β-lactam (4-membered cyclic amide) rings is 1. The molecule has 9 nitrogen and oxygen atoms in total. The van der Waals surface area contributed by atoms with E-state index < -0.39 is 33.2 Å². The Hall–Kier alpha value is -0.460. The predicted octanol–water partition coefficient (Wildman–Crippen LogP) is 0.585. The van der Waals surface area contributed by atoms with Gasteiger partial charge in [-0.1, -0.05) is 46.6 Å². The molecule has 2 fully saturated rings. The third kappa shape index (κ3) is 3.74. The summed E-state index contributed by atoms with van der Waals surface area (Å²) in [6.07, 6.45) is 0. The van der Waals surface area contributed by atoms with Crippen molar-refractivity contribution in [3.8, 4) is 0 Å². The number of carbonyl (C=O) groups is 2. The summed E-state index contributed by atoms with van der Waals surface area (Å²) in [5.74, 6) is -0.481. The zero-order valence-corrected chi connectivity index (χ0v) is 17.5. The van der Waals surface area contributed by atoms with E-state index >= 15 is 0 Å². The van der Waals surface area contributed by atoms with Crippen molar-refractivity contribution in [1.82, 2.24) is 25.1 Å². The summed E-state index contributed by atoms with van der Waals surface area (Å²) in [4.78, 5) is 26.3. The summed E-state index contributed by atoms with van der Waals surface area (Å²) >= 11 is 19.8. The van der Waals surface area contributed by atoms with Crippen LogP contribution in [0.3, 0.4) is 0 Å². The number of hydrogen-bond donors (Lipinski definition) is 1. The molecule has 144 valence electrons. The van der Waals surface area contributed by atoms with Crippen molar-refractivity contribution in [3.63, 3.8) is 0 Å². The number of tetrazole rings is 1. The molecule has 1 amide bonds. The Kier molecular flexibility index (Phi) is 5.59. The largest absolute Gasteiger partial charge is 0.460 e. The summed E-state index contributed by atoms with van der Waals surface area (Å²) in [5, 5.41) is 11.6. The van der Waals surface area contributed by atoms with Gasteiger partial charge in [-0.2, -0.15) is 0 Å². The monoisotopic (exact) mass is 460 g/mol. The molecular formula is C12H15Cl3N6O3S2. The van der Waals surface area contributed by atoms with Crippen molar-refractivity contribution in [2.24, 2.45) is 12.8 Å². The van der Waals surface area contributed by atoms with Crippen LogP contribution in [0, 0.1) is 0 Å². The molecule has 3 unspecified atom stereocenters. The average Bonchev–Trinajstić information content (AvgIpc) is 3.09. The number of amides is 1.